The highest BCUT2D eigenvalue weighted by Crippen LogP contribution is 2.32. The SMILES string of the molecule is CCCOc1cccc(C2C(N)CCN2CC)c1. The normalized spacial score (nSPS) is 24.4. The largest absolute Gasteiger partial charge is 0.494 e. The van der Waals surface area contributed by atoms with Crippen LogP contribution in [0.2, 0.25) is 0 Å². The minimum Gasteiger partial charge on any atom is -0.494 e. The molecule has 1 aromatic carbocycles. The molecule has 2 rings (SSSR count). The van der Waals surface area contributed by atoms with E-state index in [9.17, 15) is 0 Å². The van der Waals surface area contributed by atoms with Gasteiger partial charge >= 0.3 is 0 Å². The fraction of sp³-hybridized carbons (Fsp3) is 0.600. The highest BCUT2D eigenvalue weighted by Gasteiger charge is 2.31. The molecule has 1 aliphatic heterocycles. The van der Waals surface area contributed by atoms with Crippen LogP contribution in [0.5, 0.6) is 5.75 Å². The van der Waals surface area contributed by atoms with Crippen LogP contribution in [0.1, 0.15) is 38.3 Å². The quantitative estimate of drug-likeness (QED) is 0.870. The third-order valence-electron chi connectivity index (χ3n) is 3.63. The fourth-order valence-corrected chi connectivity index (χ4v) is 2.70. The average molecular weight is 248 g/mol. The summed E-state index contributed by atoms with van der Waals surface area (Å²) in [5.41, 5.74) is 7.53. The third kappa shape index (κ3) is 2.85. The molecule has 1 heterocycles. The van der Waals surface area contributed by atoms with Crippen LogP contribution in [0.25, 0.3) is 0 Å². The summed E-state index contributed by atoms with van der Waals surface area (Å²) in [5, 5.41) is 0. The molecule has 2 atom stereocenters. The predicted octanol–water partition coefficient (Wildman–Crippen LogP) is 2.57. The number of likely N-dealkylation sites (tertiary alicyclic amines) is 1. The van der Waals surface area contributed by atoms with Crippen LogP contribution in [0, 0.1) is 0 Å². The van der Waals surface area contributed by atoms with Gasteiger partial charge in [-0.25, -0.2) is 0 Å². The third-order valence-corrected chi connectivity index (χ3v) is 3.63. The van der Waals surface area contributed by atoms with Crippen LogP contribution in [-0.2, 0) is 0 Å². The van der Waals surface area contributed by atoms with Gasteiger partial charge in [0.2, 0.25) is 0 Å². The van der Waals surface area contributed by atoms with Crippen LogP contribution >= 0.6 is 0 Å². The Hall–Kier alpha value is -1.06. The lowest BCUT2D eigenvalue weighted by molar-refractivity contribution is 0.259. The summed E-state index contributed by atoms with van der Waals surface area (Å²) < 4.78 is 5.70. The Bertz CT molecular complexity index is 381. The van der Waals surface area contributed by atoms with E-state index in [0.717, 1.165) is 38.3 Å². The Balaban J connectivity index is 2.16. The number of hydrogen-bond donors (Lipinski definition) is 1. The van der Waals surface area contributed by atoms with Crippen LogP contribution in [0.15, 0.2) is 24.3 Å². The first kappa shape index (κ1) is 13.4. The van der Waals surface area contributed by atoms with Gasteiger partial charge in [-0.15, -0.1) is 0 Å². The number of likely N-dealkylation sites (N-methyl/N-ethyl adjacent to an activating group) is 1. The Morgan fingerprint density at radius 3 is 2.94 bits per heavy atom. The van der Waals surface area contributed by atoms with Gasteiger partial charge in [-0.05, 0) is 37.1 Å². The molecule has 0 spiro atoms. The lowest BCUT2D eigenvalue weighted by Gasteiger charge is -2.26. The molecule has 0 bridgehead atoms. The maximum Gasteiger partial charge on any atom is 0.119 e. The molecule has 0 aromatic heterocycles. The van der Waals surface area contributed by atoms with Crippen molar-refractivity contribution in [3.05, 3.63) is 29.8 Å². The number of rotatable bonds is 5. The van der Waals surface area contributed by atoms with Crippen molar-refractivity contribution >= 4 is 0 Å². The maximum absolute atomic E-state index is 6.24. The first-order valence-electron chi connectivity index (χ1n) is 6.98. The lowest BCUT2D eigenvalue weighted by Crippen LogP contribution is -2.31. The van der Waals surface area contributed by atoms with Gasteiger partial charge in [-0.2, -0.15) is 0 Å². The molecule has 3 nitrogen and oxygen atoms in total. The molecule has 1 fully saturated rings. The van der Waals surface area contributed by atoms with Crippen molar-refractivity contribution in [1.82, 2.24) is 4.90 Å². The van der Waals surface area contributed by atoms with E-state index in [0.29, 0.717) is 6.04 Å². The summed E-state index contributed by atoms with van der Waals surface area (Å²) in [7, 11) is 0. The first-order valence-corrected chi connectivity index (χ1v) is 6.98. The van der Waals surface area contributed by atoms with Gasteiger partial charge in [0, 0.05) is 12.6 Å². The maximum atomic E-state index is 6.24. The number of benzene rings is 1. The molecular formula is C15H24N2O. The van der Waals surface area contributed by atoms with Crippen molar-refractivity contribution in [3.8, 4) is 5.75 Å². The molecule has 1 aliphatic rings. The molecule has 3 heteroatoms. The van der Waals surface area contributed by atoms with E-state index in [4.69, 9.17) is 10.5 Å². The second-order valence-corrected chi connectivity index (χ2v) is 4.95. The molecule has 1 saturated heterocycles. The zero-order valence-corrected chi connectivity index (χ0v) is 11.4. The minimum absolute atomic E-state index is 0.242. The van der Waals surface area contributed by atoms with Gasteiger partial charge < -0.3 is 10.5 Å². The molecule has 2 unspecified atom stereocenters. The van der Waals surface area contributed by atoms with Crippen LogP contribution in [0.4, 0.5) is 0 Å². The average Bonchev–Trinajstić information content (AvgIpc) is 2.78. The predicted molar refractivity (Wildman–Crippen MR) is 74.8 cm³/mol. The van der Waals surface area contributed by atoms with Crippen molar-refractivity contribution in [2.75, 3.05) is 19.7 Å². The summed E-state index contributed by atoms with van der Waals surface area (Å²) >= 11 is 0. The number of ether oxygens (including phenoxy) is 1. The van der Waals surface area contributed by atoms with Gasteiger partial charge in [-0.1, -0.05) is 26.0 Å². The fourth-order valence-electron chi connectivity index (χ4n) is 2.70. The second kappa shape index (κ2) is 6.21. The van der Waals surface area contributed by atoms with Crippen LogP contribution in [-0.4, -0.2) is 30.6 Å². The van der Waals surface area contributed by atoms with Gasteiger partial charge in [0.05, 0.1) is 12.6 Å². The van der Waals surface area contributed by atoms with Crippen molar-refractivity contribution in [2.24, 2.45) is 5.73 Å². The van der Waals surface area contributed by atoms with E-state index in [1.807, 2.05) is 6.07 Å². The Kier molecular flexibility index (Phi) is 4.61. The van der Waals surface area contributed by atoms with Gasteiger partial charge in [0.1, 0.15) is 5.75 Å². The van der Waals surface area contributed by atoms with E-state index >= 15 is 0 Å². The Labute approximate surface area is 110 Å². The molecular weight excluding hydrogens is 224 g/mol. The molecule has 0 saturated carbocycles. The first-order chi connectivity index (χ1) is 8.76. The Morgan fingerprint density at radius 2 is 2.22 bits per heavy atom. The van der Waals surface area contributed by atoms with Crippen molar-refractivity contribution in [2.45, 2.75) is 38.8 Å². The minimum atomic E-state index is 0.242. The van der Waals surface area contributed by atoms with E-state index in [1.54, 1.807) is 0 Å². The van der Waals surface area contributed by atoms with Crippen LogP contribution < -0.4 is 10.5 Å². The summed E-state index contributed by atoms with van der Waals surface area (Å²) in [5.74, 6) is 0.963. The molecule has 0 amide bonds. The van der Waals surface area contributed by atoms with Crippen molar-refractivity contribution in [3.63, 3.8) is 0 Å². The summed E-state index contributed by atoms with van der Waals surface area (Å²) in [6.45, 7) is 7.25. The van der Waals surface area contributed by atoms with E-state index in [2.05, 4.69) is 36.9 Å². The highest BCUT2D eigenvalue weighted by atomic mass is 16.5. The Morgan fingerprint density at radius 1 is 1.39 bits per heavy atom. The van der Waals surface area contributed by atoms with E-state index < -0.39 is 0 Å². The molecule has 0 aliphatic carbocycles. The monoisotopic (exact) mass is 248 g/mol. The highest BCUT2D eigenvalue weighted by molar-refractivity contribution is 5.32. The van der Waals surface area contributed by atoms with Gasteiger partial charge in [0.15, 0.2) is 0 Å². The van der Waals surface area contributed by atoms with E-state index in [-0.39, 0.29) is 6.04 Å². The number of hydrogen-bond acceptors (Lipinski definition) is 3. The van der Waals surface area contributed by atoms with Gasteiger partial charge in [0.25, 0.3) is 0 Å². The zero-order chi connectivity index (χ0) is 13.0. The van der Waals surface area contributed by atoms with E-state index in [1.165, 1.54) is 5.56 Å². The standard InChI is InChI=1S/C15H24N2O/c1-3-10-18-13-7-5-6-12(11-13)15-14(16)8-9-17(15)4-2/h5-7,11,14-15H,3-4,8-10,16H2,1-2H3. The molecule has 1 aromatic rings. The molecule has 2 N–H and O–H groups in total. The van der Waals surface area contributed by atoms with Gasteiger partial charge in [-0.3, -0.25) is 4.90 Å². The summed E-state index contributed by atoms with van der Waals surface area (Å²) in [4.78, 5) is 2.45. The lowest BCUT2D eigenvalue weighted by atomic mass is 10.0. The second-order valence-electron chi connectivity index (χ2n) is 4.95. The number of nitrogens with two attached hydrogens (primary N) is 1. The van der Waals surface area contributed by atoms with Crippen molar-refractivity contribution < 1.29 is 4.74 Å². The smallest absolute Gasteiger partial charge is 0.119 e. The van der Waals surface area contributed by atoms with Crippen LogP contribution in [0.3, 0.4) is 0 Å². The topological polar surface area (TPSA) is 38.5 Å². The zero-order valence-electron chi connectivity index (χ0n) is 11.4. The summed E-state index contributed by atoms with van der Waals surface area (Å²) in [6, 6.07) is 8.99. The molecule has 0 radical (unpaired) electrons. The van der Waals surface area contributed by atoms with Crippen molar-refractivity contribution in [1.29, 1.82) is 0 Å². The summed E-state index contributed by atoms with van der Waals surface area (Å²) in [6.07, 6.45) is 2.12. The number of nitrogens with zero attached hydrogens (tertiary/aromatic N) is 1. The molecule has 100 valence electrons. The molecule has 18 heavy (non-hydrogen) atoms.